The van der Waals surface area contributed by atoms with Gasteiger partial charge in [-0.05, 0) is 29.7 Å². The molecule has 26 heavy (non-hydrogen) atoms. The monoisotopic (exact) mass is 358 g/mol. The van der Waals surface area contributed by atoms with E-state index in [2.05, 4.69) is 15.7 Å². The number of benzene rings is 1. The van der Waals surface area contributed by atoms with E-state index >= 15 is 0 Å². The van der Waals surface area contributed by atoms with Crippen LogP contribution in [0.1, 0.15) is 29.8 Å². The number of hydrogen-bond acceptors (Lipinski definition) is 5. The van der Waals surface area contributed by atoms with Crippen LogP contribution in [0.25, 0.3) is 0 Å². The predicted octanol–water partition coefficient (Wildman–Crippen LogP) is 1.57. The van der Waals surface area contributed by atoms with E-state index in [-0.39, 0.29) is 5.92 Å². The molecule has 0 radical (unpaired) electrons. The van der Waals surface area contributed by atoms with Crippen LogP contribution >= 0.6 is 0 Å². The molecule has 2 aromatic rings. The van der Waals surface area contributed by atoms with Crippen molar-refractivity contribution in [2.75, 3.05) is 13.2 Å². The first-order valence-corrected chi connectivity index (χ1v) is 8.25. The van der Waals surface area contributed by atoms with Crippen LogP contribution < -0.4 is 10.6 Å². The standard InChI is InChI=1S/C18H22N4O4/c1-13(2)10-19-18(25)21-16(23)12-26-17(24)15-6-4-14(5-7-15)11-22-9-3-8-20-22/h3-9,13H,10-12H2,1-2H3,(H2,19,21,23,25). The second-order valence-electron chi connectivity index (χ2n) is 6.13. The Bertz CT molecular complexity index is 739. The average Bonchev–Trinajstić information content (AvgIpc) is 3.11. The summed E-state index contributed by atoms with van der Waals surface area (Å²) >= 11 is 0. The number of nitrogens with zero attached hydrogens (tertiary/aromatic N) is 2. The largest absolute Gasteiger partial charge is 0.452 e. The van der Waals surface area contributed by atoms with Gasteiger partial charge in [0.05, 0.1) is 12.1 Å². The molecule has 8 heteroatoms. The van der Waals surface area contributed by atoms with Crippen LogP contribution in [0.3, 0.4) is 0 Å². The normalized spacial score (nSPS) is 10.4. The van der Waals surface area contributed by atoms with Crippen molar-refractivity contribution in [3.05, 3.63) is 53.9 Å². The molecule has 0 spiro atoms. The van der Waals surface area contributed by atoms with Gasteiger partial charge in [0.2, 0.25) is 0 Å². The Morgan fingerprint density at radius 2 is 1.92 bits per heavy atom. The maximum absolute atomic E-state index is 12.0. The van der Waals surface area contributed by atoms with Crippen molar-refractivity contribution in [1.82, 2.24) is 20.4 Å². The first kappa shape index (κ1) is 19.2. The molecule has 0 unspecified atom stereocenters. The molecule has 0 saturated heterocycles. The quantitative estimate of drug-likeness (QED) is 0.732. The Hall–Kier alpha value is -3.16. The molecule has 0 saturated carbocycles. The van der Waals surface area contributed by atoms with Crippen LogP contribution in [-0.4, -0.2) is 40.8 Å². The summed E-state index contributed by atoms with van der Waals surface area (Å²) in [6, 6.07) is 8.04. The van der Waals surface area contributed by atoms with Gasteiger partial charge in [-0.3, -0.25) is 14.8 Å². The number of amides is 3. The molecule has 138 valence electrons. The Labute approximate surface area is 151 Å². The number of hydrogen-bond donors (Lipinski definition) is 2. The zero-order chi connectivity index (χ0) is 18.9. The fourth-order valence-electron chi connectivity index (χ4n) is 2.05. The lowest BCUT2D eigenvalue weighted by Gasteiger charge is -2.09. The first-order valence-electron chi connectivity index (χ1n) is 8.25. The molecular formula is C18H22N4O4. The number of imide groups is 1. The van der Waals surface area contributed by atoms with Gasteiger partial charge in [0.15, 0.2) is 6.61 Å². The summed E-state index contributed by atoms with van der Waals surface area (Å²) < 4.78 is 6.68. The third-order valence-corrected chi connectivity index (χ3v) is 3.35. The maximum atomic E-state index is 12.0. The van der Waals surface area contributed by atoms with Crippen molar-refractivity contribution in [2.24, 2.45) is 5.92 Å². The van der Waals surface area contributed by atoms with E-state index in [1.54, 1.807) is 35.1 Å². The van der Waals surface area contributed by atoms with Crippen LogP contribution in [0.4, 0.5) is 4.79 Å². The van der Waals surface area contributed by atoms with Crippen LogP contribution in [0.5, 0.6) is 0 Å². The minimum atomic E-state index is -0.685. The fraction of sp³-hybridized carbons (Fsp3) is 0.333. The predicted molar refractivity (Wildman–Crippen MR) is 94.4 cm³/mol. The topological polar surface area (TPSA) is 102 Å². The van der Waals surface area contributed by atoms with E-state index in [1.165, 1.54) is 0 Å². The van der Waals surface area contributed by atoms with Gasteiger partial charge in [-0.25, -0.2) is 9.59 Å². The van der Waals surface area contributed by atoms with Crippen molar-refractivity contribution in [3.63, 3.8) is 0 Å². The number of carbonyl (C=O) groups is 3. The van der Waals surface area contributed by atoms with Gasteiger partial charge in [0.25, 0.3) is 5.91 Å². The third kappa shape index (κ3) is 6.39. The smallest absolute Gasteiger partial charge is 0.338 e. The van der Waals surface area contributed by atoms with E-state index in [9.17, 15) is 14.4 Å². The molecule has 2 N–H and O–H groups in total. The van der Waals surface area contributed by atoms with Crippen LogP contribution in [0, 0.1) is 5.92 Å². The summed E-state index contributed by atoms with van der Waals surface area (Å²) in [5.74, 6) is -1.05. The third-order valence-electron chi connectivity index (χ3n) is 3.35. The Kier molecular flexibility index (Phi) is 6.90. The Balaban J connectivity index is 1.76. The van der Waals surface area contributed by atoms with Crippen LogP contribution in [-0.2, 0) is 16.1 Å². The lowest BCUT2D eigenvalue weighted by molar-refractivity contribution is -0.123. The highest BCUT2D eigenvalue weighted by Crippen LogP contribution is 2.07. The van der Waals surface area contributed by atoms with E-state index in [4.69, 9.17) is 4.74 Å². The van der Waals surface area contributed by atoms with Gasteiger partial charge in [-0.2, -0.15) is 5.10 Å². The van der Waals surface area contributed by atoms with Crippen molar-refractivity contribution >= 4 is 17.9 Å². The number of nitrogens with one attached hydrogen (secondary N) is 2. The number of urea groups is 1. The van der Waals surface area contributed by atoms with Crippen molar-refractivity contribution in [1.29, 1.82) is 0 Å². The molecule has 0 aliphatic carbocycles. The average molecular weight is 358 g/mol. The number of aromatic nitrogens is 2. The number of rotatable bonds is 7. The summed E-state index contributed by atoms with van der Waals surface area (Å²) in [5, 5.41) is 8.75. The number of ether oxygens (including phenoxy) is 1. The minimum absolute atomic E-state index is 0.268. The minimum Gasteiger partial charge on any atom is -0.452 e. The van der Waals surface area contributed by atoms with Crippen LogP contribution in [0.15, 0.2) is 42.7 Å². The second-order valence-corrected chi connectivity index (χ2v) is 6.13. The van der Waals surface area contributed by atoms with Gasteiger partial charge in [0, 0.05) is 18.9 Å². The zero-order valence-corrected chi connectivity index (χ0v) is 14.8. The van der Waals surface area contributed by atoms with Crippen molar-refractivity contribution in [2.45, 2.75) is 20.4 Å². The first-order chi connectivity index (χ1) is 12.4. The molecule has 0 fully saturated rings. The van der Waals surface area contributed by atoms with E-state index in [0.29, 0.717) is 18.7 Å². The molecule has 0 aliphatic rings. The second kappa shape index (κ2) is 9.36. The van der Waals surface area contributed by atoms with Gasteiger partial charge < -0.3 is 10.1 Å². The highest BCUT2D eigenvalue weighted by Gasteiger charge is 2.12. The Morgan fingerprint density at radius 3 is 2.54 bits per heavy atom. The van der Waals surface area contributed by atoms with Gasteiger partial charge >= 0.3 is 12.0 Å². The highest BCUT2D eigenvalue weighted by atomic mass is 16.5. The van der Waals surface area contributed by atoms with Crippen molar-refractivity contribution in [3.8, 4) is 0 Å². The molecular weight excluding hydrogens is 336 g/mol. The summed E-state index contributed by atoms with van der Waals surface area (Å²) in [6.45, 7) is 4.39. The van der Waals surface area contributed by atoms with Crippen LogP contribution in [0.2, 0.25) is 0 Å². The van der Waals surface area contributed by atoms with E-state index < -0.39 is 24.5 Å². The molecule has 2 rings (SSSR count). The zero-order valence-electron chi connectivity index (χ0n) is 14.8. The van der Waals surface area contributed by atoms with E-state index in [1.807, 2.05) is 26.1 Å². The summed E-state index contributed by atoms with van der Waals surface area (Å²) in [4.78, 5) is 35.0. The number of carbonyl (C=O) groups excluding carboxylic acids is 3. The molecule has 0 bridgehead atoms. The summed E-state index contributed by atoms with van der Waals surface area (Å²) in [6.07, 6.45) is 3.54. The molecule has 1 aromatic heterocycles. The molecule has 1 heterocycles. The number of esters is 1. The lowest BCUT2D eigenvalue weighted by Crippen LogP contribution is -2.42. The molecule has 8 nitrogen and oxygen atoms in total. The van der Waals surface area contributed by atoms with Gasteiger partial charge in [0.1, 0.15) is 0 Å². The summed E-state index contributed by atoms with van der Waals surface area (Å²) in [5.41, 5.74) is 1.30. The van der Waals surface area contributed by atoms with E-state index in [0.717, 1.165) is 5.56 Å². The molecule has 0 atom stereocenters. The lowest BCUT2D eigenvalue weighted by atomic mass is 10.1. The highest BCUT2D eigenvalue weighted by molar-refractivity contribution is 5.97. The summed E-state index contributed by atoms with van der Waals surface area (Å²) in [7, 11) is 0. The fourth-order valence-corrected chi connectivity index (χ4v) is 2.05. The maximum Gasteiger partial charge on any atom is 0.338 e. The molecule has 0 aliphatic heterocycles. The molecule has 1 aromatic carbocycles. The van der Waals surface area contributed by atoms with Gasteiger partial charge in [-0.1, -0.05) is 26.0 Å². The van der Waals surface area contributed by atoms with Crippen molar-refractivity contribution < 1.29 is 19.1 Å². The molecule has 3 amide bonds. The van der Waals surface area contributed by atoms with Gasteiger partial charge in [-0.15, -0.1) is 0 Å². The Morgan fingerprint density at radius 1 is 1.19 bits per heavy atom. The SMILES string of the molecule is CC(C)CNC(=O)NC(=O)COC(=O)c1ccc(Cn2cccn2)cc1.